The van der Waals surface area contributed by atoms with E-state index in [9.17, 15) is 4.79 Å². The molecule has 3 heteroatoms. The van der Waals surface area contributed by atoms with Gasteiger partial charge in [0.15, 0.2) is 5.43 Å². The van der Waals surface area contributed by atoms with E-state index in [2.05, 4.69) is 0 Å². The molecule has 0 N–H and O–H groups in total. The van der Waals surface area contributed by atoms with E-state index in [1.54, 1.807) is 13.2 Å². The summed E-state index contributed by atoms with van der Waals surface area (Å²) in [4.78, 5) is 12.7. The monoisotopic (exact) mass is 265 g/mol. The zero-order valence-corrected chi connectivity index (χ0v) is 11.5. The quantitative estimate of drug-likeness (QED) is 0.712. The van der Waals surface area contributed by atoms with Gasteiger partial charge in [-0.1, -0.05) is 30.3 Å². The highest BCUT2D eigenvalue weighted by Gasteiger charge is 2.09. The van der Waals surface area contributed by atoms with Gasteiger partial charge in [0.05, 0.1) is 12.6 Å². The van der Waals surface area contributed by atoms with Crippen molar-refractivity contribution in [2.24, 2.45) is 7.05 Å². The van der Waals surface area contributed by atoms with Crippen LogP contribution in [-0.4, -0.2) is 11.7 Å². The van der Waals surface area contributed by atoms with Crippen LogP contribution in [0.25, 0.3) is 22.0 Å². The first-order chi connectivity index (χ1) is 9.70. The van der Waals surface area contributed by atoms with Gasteiger partial charge in [0, 0.05) is 24.2 Å². The lowest BCUT2D eigenvalue weighted by Crippen LogP contribution is -2.10. The van der Waals surface area contributed by atoms with Crippen LogP contribution in [0.2, 0.25) is 0 Å². The van der Waals surface area contributed by atoms with Crippen LogP contribution in [0.1, 0.15) is 0 Å². The standard InChI is InChI=1S/C17H15NO2/c1-18-11-15(12-6-4-3-5-7-12)17(19)14-10-13(20-2)8-9-16(14)18/h3-11H,1-2H3. The molecule has 0 radical (unpaired) electrons. The fourth-order valence-electron chi connectivity index (χ4n) is 2.42. The SMILES string of the molecule is COc1ccc2c(c1)c(=O)c(-c1ccccc1)cn2C. The number of hydrogen-bond acceptors (Lipinski definition) is 2. The first-order valence-corrected chi connectivity index (χ1v) is 6.43. The van der Waals surface area contributed by atoms with E-state index in [0.717, 1.165) is 11.1 Å². The number of pyridine rings is 1. The molecule has 3 rings (SSSR count). The van der Waals surface area contributed by atoms with Crippen LogP contribution in [0.4, 0.5) is 0 Å². The van der Waals surface area contributed by atoms with Gasteiger partial charge < -0.3 is 9.30 Å². The minimum atomic E-state index is 0.0307. The van der Waals surface area contributed by atoms with Crippen molar-refractivity contribution < 1.29 is 4.74 Å². The Kier molecular flexibility index (Phi) is 3.03. The van der Waals surface area contributed by atoms with Gasteiger partial charge in [-0.05, 0) is 23.8 Å². The minimum absolute atomic E-state index is 0.0307. The van der Waals surface area contributed by atoms with Crippen LogP contribution in [0, 0.1) is 0 Å². The van der Waals surface area contributed by atoms with Crippen LogP contribution < -0.4 is 10.2 Å². The van der Waals surface area contributed by atoms with E-state index in [1.807, 2.05) is 60.3 Å². The summed E-state index contributed by atoms with van der Waals surface area (Å²) in [6, 6.07) is 15.3. The fourth-order valence-corrected chi connectivity index (χ4v) is 2.42. The maximum absolute atomic E-state index is 12.7. The van der Waals surface area contributed by atoms with Crippen molar-refractivity contribution in [2.75, 3.05) is 7.11 Å². The van der Waals surface area contributed by atoms with Gasteiger partial charge in [0.2, 0.25) is 0 Å². The number of methoxy groups -OCH3 is 1. The minimum Gasteiger partial charge on any atom is -0.497 e. The average molecular weight is 265 g/mol. The molecule has 3 nitrogen and oxygen atoms in total. The van der Waals surface area contributed by atoms with Gasteiger partial charge in [0.25, 0.3) is 0 Å². The summed E-state index contributed by atoms with van der Waals surface area (Å²) >= 11 is 0. The Bertz CT molecular complexity index is 820. The first kappa shape index (κ1) is 12.5. The lowest BCUT2D eigenvalue weighted by atomic mass is 10.0. The molecular weight excluding hydrogens is 250 g/mol. The molecule has 100 valence electrons. The molecule has 0 spiro atoms. The van der Waals surface area contributed by atoms with Gasteiger partial charge >= 0.3 is 0 Å². The number of hydrogen-bond donors (Lipinski definition) is 0. The predicted molar refractivity (Wildman–Crippen MR) is 81.2 cm³/mol. The zero-order chi connectivity index (χ0) is 14.1. The largest absolute Gasteiger partial charge is 0.497 e. The molecule has 0 aliphatic heterocycles. The smallest absolute Gasteiger partial charge is 0.197 e. The third-order valence-corrected chi connectivity index (χ3v) is 3.48. The highest BCUT2D eigenvalue weighted by Crippen LogP contribution is 2.22. The Balaban J connectivity index is 2.36. The van der Waals surface area contributed by atoms with E-state index in [1.165, 1.54) is 0 Å². The molecule has 0 atom stereocenters. The summed E-state index contributed by atoms with van der Waals surface area (Å²) in [5.41, 5.74) is 2.56. The topological polar surface area (TPSA) is 31.2 Å². The maximum atomic E-state index is 12.7. The summed E-state index contributed by atoms with van der Waals surface area (Å²) < 4.78 is 7.19. The van der Waals surface area contributed by atoms with E-state index < -0.39 is 0 Å². The van der Waals surface area contributed by atoms with Gasteiger partial charge in [-0.25, -0.2) is 0 Å². The Labute approximate surface area is 117 Å². The summed E-state index contributed by atoms with van der Waals surface area (Å²) in [7, 11) is 3.55. The normalized spacial score (nSPS) is 10.7. The number of aryl methyl sites for hydroxylation is 1. The lowest BCUT2D eigenvalue weighted by Gasteiger charge is -2.10. The molecule has 20 heavy (non-hydrogen) atoms. The second-order valence-corrected chi connectivity index (χ2v) is 4.73. The summed E-state index contributed by atoms with van der Waals surface area (Å²) in [6.45, 7) is 0. The zero-order valence-electron chi connectivity index (χ0n) is 11.5. The molecule has 0 fully saturated rings. The molecule has 0 aliphatic carbocycles. The Morgan fingerprint density at radius 1 is 1.05 bits per heavy atom. The average Bonchev–Trinajstić information content (AvgIpc) is 2.51. The van der Waals surface area contributed by atoms with Gasteiger partial charge in [-0.15, -0.1) is 0 Å². The molecule has 0 bridgehead atoms. The second-order valence-electron chi connectivity index (χ2n) is 4.73. The molecule has 1 heterocycles. The van der Waals surface area contributed by atoms with Crippen molar-refractivity contribution in [3.05, 3.63) is 65.0 Å². The van der Waals surface area contributed by atoms with Crippen molar-refractivity contribution in [3.8, 4) is 16.9 Å². The Morgan fingerprint density at radius 3 is 2.50 bits per heavy atom. The number of rotatable bonds is 2. The molecule has 3 aromatic rings. The molecular formula is C17H15NO2. The number of benzene rings is 2. The molecule has 0 unspecified atom stereocenters. The summed E-state index contributed by atoms with van der Waals surface area (Å²) in [5, 5.41) is 0.674. The van der Waals surface area contributed by atoms with Crippen LogP contribution >= 0.6 is 0 Å². The number of ether oxygens (including phenoxy) is 1. The number of fused-ring (bicyclic) bond motifs is 1. The molecule has 0 saturated heterocycles. The van der Waals surface area contributed by atoms with Crippen LogP contribution in [-0.2, 0) is 7.05 Å². The molecule has 1 aromatic heterocycles. The van der Waals surface area contributed by atoms with E-state index in [0.29, 0.717) is 16.7 Å². The number of aromatic nitrogens is 1. The molecule has 0 amide bonds. The first-order valence-electron chi connectivity index (χ1n) is 6.43. The van der Waals surface area contributed by atoms with Crippen molar-refractivity contribution in [3.63, 3.8) is 0 Å². The van der Waals surface area contributed by atoms with Crippen molar-refractivity contribution >= 4 is 10.9 Å². The lowest BCUT2D eigenvalue weighted by molar-refractivity contribution is 0.415. The summed E-state index contributed by atoms with van der Waals surface area (Å²) in [5.74, 6) is 0.694. The maximum Gasteiger partial charge on any atom is 0.197 e. The Hall–Kier alpha value is -2.55. The molecule has 0 aliphatic rings. The van der Waals surface area contributed by atoms with E-state index in [-0.39, 0.29) is 5.43 Å². The predicted octanol–water partition coefficient (Wildman–Crippen LogP) is 3.21. The molecule has 2 aromatic carbocycles. The third-order valence-electron chi connectivity index (χ3n) is 3.48. The van der Waals surface area contributed by atoms with Gasteiger partial charge in [-0.3, -0.25) is 4.79 Å². The van der Waals surface area contributed by atoms with Gasteiger partial charge in [-0.2, -0.15) is 0 Å². The van der Waals surface area contributed by atoms with E-state index in [4.69, 9.17) is 4.74 Å². The van der Waals surface area contributed by atoms with Crippen molar-refractivity contribution in [2.45, 2.75) is 0 Å². The van der Waals surface area contributed by atoms with E-state index >= 15 is 0 Å². The van der Waals surface area contributed by atoms with Crippen LogP contribution in [0.15, 0.2) is 59.5 Å². The van der Waals surface area contributed by atoms with Crippen LogP contribution in [0.5, 0.6) is 5.75 Å². The van der Waals surface area contributed by atoms with Gasteiger partial charge in [0.1, 0.15) is 5.75 Å². The van der Waals surface area contributed by atoms with Crippen molar-refractivity contribution in [1.82, 2.24) is 4.57 Å². The number of nitrogens with zero attached hydrogens (tertiary/aromatic N) is 1. The highest BCUT2D eigenvalue weighted by atomic mass is 16.5. The fraction of sp³-hybridized carbons (Fsp3) is 0.118. The Morgan fingerprint density at radius 2 is 1.80 bits per heavy atom. The third kappa shape index (κ3) is 1.97. The second kappa shape index (κ2) is 4.85. The van der Waals surface area contributed by atoms with Crippen LogP contribution in [0.3, 0.4) is 0 Å². The summed E-state index contributed by atoms with van der Waals surface area (Å²) in [6.07, 6.45) is 1.88. The highest BCUT2D eigenvalue weighted by molar-refractivity contribution is 5.85. The molecule has 0 saturated carbocycles. The van der Waals surface area contributed by atoms with Crippen molar-refractivity contribution in [1.29, 1.82) is 0 Å².